The van der Waals surface area contributed by atoms with Gasteiger partial charge in [0.2, 0.25) is 0 Å². The quantitative estimate of drug-likeness (QED) is 0.883. The lowest BCUT2D eigenvalue weighted by atomic mass is 9.77. The van der Waals surface area contributed by atoms with Crippen molar-refractivity contribution < 1.29 is 9.50 Å². The van der Waals surface area contributed by atoms with E-state index in [0.717, 1.165) is 18.8 Å². The second-order valence-corrected chi connectivity index (χ2v) is 6.09. The molecule has 0 radical (unpaired) electrons. The van der Waals surface area contributed by atoms with Crippen LogP contribution in [0.25, 0.3) is 0 Å². The standard InChI is InChI=1S/C16H22FNO/c17-14-4-3-5-15(13(14)12-19)18-10-8-16(9-11-18)6-1-2-7-16/h3-5,19H,1-2,6-12H2. The molecule has 2 fully saturated rings. The normalized spacial score (nSPS) is 22.1. The van der Waals surface area contributed by atoms with Crippen LogP contribution in [-0.2, 0) is 6.61 Å². The van der Waals surface area contributed by atoms with E-state index >= 15 is 0 Å². The molecule has 0 atom stereocenters. The van der Waals surface area contributed by atoms with Crippen molar-refractivity contribution in [3.8, 4) is 0 Å². The van der Waals surface area contributed by atoms with Gasteiger partial charge in [0.15, 0.2) is 0 Å². The van der Waals surface area contributed by atoms with Gasteiger partial charge in [-0.1, -0.05) is 18.9 Å². The maximum atomic E-state index is 13.7. The second-order valence-electron chi connectivity index (χ2n) is 6.09. The Morgan fingerprint density at radius 2 is 1.79 bits per heavy atom. The van der Waals surface area contributed by atoms with E-state index in [4.69, 9.17) is 0 Å². The third kappa shape index (κ3) is 2.36. The zero-order chi connectivity index (χ0) is 13.3. The lowest BCUT2D eigenvalue weighted by Gasteiger charge is -2.41. The molecule has 2 aliphatic rings. The Labute approximate surface area is 114 Å². The number of piperidine rings is 1. The SMILES string of the molecule is OCc1c(F)cccc1N1CCC2(CCCC2)CC1. The Balaban J connectivity index is 1.76. The molecule has 1 aromatic rings. The van der Waals surface area contributed by atoms with Crippen molar-refractivity contribution in [1.82, 2.24) is 0 Å². The molecule has 1 aromatic carbocycles. The van der Waals surface area contributed by atoms with Crippen LogP contribution < -0.4 is 4.90 Å². The van der Waals surface area contributed by atoms with E-state index in [1.165, 1.54) is 44.6 Å². The smallest absolute Gasteiger partial charge is 0.130 e. The number of halogens is 1. The molecular formula is C16H22FNO. The van der Waals surface area contributed by atoms with Crippen LogP contribution in [-0.4, -0.2) is 18.2 Å². The molecule has 1 N–H and O–H groups in total. The van der Waals surface area contributed by atoms with Crippen molar-refractivity contribution in [2.45, 2.75) is 45.1 Å². The largest absolute Gasteiger partial charge is 0.391 e. The maximum Gasteiger partial charge on any atom is 0.130 e. The van der Waals surface area contributed by atoms with Crippen molar-refractivity contribution in [1.29, 1.82) is 0 Å². The minimum atomic E-state index is -0.291. The molecule has 19 heavy (non-hydrogen) atoms. The van der Waals surface area contributed by atoms with Gasteiger partial charge in [-0.25, -0.2) is 4.39 Å². The van der Waals surface area contributed by atoms with Crippen molar-refractivity contribution >= 4 is 5.69 Å². The summed E-state index contributed by atoms with van der Waals surface area (Å²) in [6.45, 7) is 1.77. The fourth-order valence-electron chi connectivity index (χ4n) is 3.85. The first-order chi connectivity index (χ1) is 9.24. The molecule has 3 heteroatoms. The van der Waals surface area contributed by atoms with Gasteiger partial charge in [0.25, 0.3) is 0 Å². The van der Waals surface area contributed by atoms with Crippen LogP contribution in [0.3, 0.4) is 0 Å². The average Bonchev–Trinajstić information content (AvgIpc) is 2.88. The molecule has 2 nitrogen and oxygen atoms in total. The molecule has 104 valence electrons. The fourth-order valence-corrected chi connectivity index (χ4v) is 3.85. The first-order valence-electron chi connectivity index (χ1n) is 7.37. The number of hydrogen-bond acceptors (Lipinski definition) is 2. The van der Waals surface area contributed by atoms with Crippen molar-refractivity contribution in [3.63, 3.8) is 0 Å². The molecule has 1 heterocycles. The summed E-state index contributed by atoms with van der Waals surface area (Å²) in [5.74, 6) is -0.291. The summed E-state index contributed by atoms with van der Waals surface area (Å²) >= 11 is 0. The molecule has 0 unspecified atom stereocenters. The topological polar surface area (TPSA) is 23.5 Å². The number of benzene rings is 1. The highest BCUT2D eigenvalue weighted by Crippen LogP contribution is 2.46. The maximum absolute atomic E-state index is 13.7. The van der Waals surface area contributed by atoms with Crippen LogP contribution in [0.2, 0.25) is 0 Å². The van der Waals surface area contributed by atoms with Gasteiger partial charge in [-0.15, -0.1) is 0 Å². The zero-order valence-electron chi connectivity index (χ0n) is 11.4. The average molecular weight is 263 g/mol. The van der Waals surface area contributed by atoms with Crippen LogP contribution in [0.5, 0.6) is 0 Å². The molecule has 1 saturated carbocycles. The third-order valence-corrected chi connectivity index (χ3v) is 5.08. The van der Waals surface area contributed by atoms with Gasteiger partial charge in [0.1, 0.15) is 5.82 Å². The lowest BCUT2D eigenvalue weighted by molar-refractivity contribution is 0.225. The van der Waals surface area contributed by atoms with Crippen LogP contribution in [0.4, 0.5) is 10.1 Å². The zero-order valence-corrected chi connectivity index (χ0v) is 11.4. The van der Waals surface area contributed by atoms with Gasteiger partial charge in [0, 0.05) is 24.3 Å². The molecule has 0 bridgehead atoms. The van der Waals surface area contributed by atoms with Gasteiger partial charge in [0.05, 0.1) is 6.61 Å². The lowest BCUT2D eigenvalue weighted by Crippen LogP contribution is -2.39. The minimum Gasteiger partial charge on any atom is -0.391 e. The number of hydrogen-bond donors (Lipinski definition) is 1. The van der Waals surface area contributed by atoms with Crippen LogP contribution >= 0.6 is 0 Å². The van der Waals surface area contributed by atoms with Crippen LogP contribution in [0.15, 0.2) is 18.2 Å². The van der Waals surface area contributed by atoms with E-state index in [9.17, 15) is 9.50 Å². The molecule has 0 amide bonds. The molecule has 1 saturated heterocycles. The molecular weight excluding hydrogens is 241 g/mol. The van der Waals surface area contributed by atoms with Gasteiger partial charge < -0.3 is 10.0 Å². The van der Waals surface area contributed by atoms with Gasteiger partial charge >= 0.3 is 0 Å². The number of aliphatic hydroxyl groups excluding tert-OH is 1. The summed E-state index contributed by atoms with van der Waals surface area (Å²) in [7, 11) is 0. The molecule has 0 aromatic heterocycles. The first kappa shape index (κ1) is 12.9. The summed E-state index contributed by atoms with van der Waals surface area (Å²) in [5.41, 5.74) is 1.91. The Morgan fingerprint density at radius 3 is 2.42 bits per heavy atom. The highest BCUT2D eigenvalue weighted by molar-refractivity contribution is 5.54. The predicted octanol–water partition coefficient (Wildman–Crippen LogP) is 3.48. The number of aliphatic hydroxyl groups is 1. The molecule has 1 aliphatic heterocycles. The predicted molar refractivity (Wildman–Crippen MR) is 74.7 cm³/mol. The summed E-state index contributed by atoms with van der Waals surface area (Å²) in [6, 6.07) is 5.10. The number of anilines is 1. The summed E-state index contributed by atoms with van der Waals surface area (Å²) in [4.78, 5) is 2.25. The van der Waals surface area contributed by atoms with Crippen molar-refractivity contribution in [2.75, 3.05) is 18.0 Å². The Kier molecular flexibility index (Phi) is 3.48. The minimum absolute atomic E-state index is 0.219. The summed E-state index contributed by atoms with van der Waals surface area (Å²) in [5, 5.41) is 9.37. The first-order valence-corrected chi connectivity index (χ1v) is 7.37. The van der Waals surface area contributed by atoms with Crippen LogP contribution in [0, 0.1) is 11.2 Å². The van der Waals surface area contributed by atoms with E-state index in [2.05, 4.69) is 4.90 Å². The highest BCUT2D eigenvalue weighted by atomic mass is 19.1. The number of nitrogens with zero attached hydrogens (tertiary/aromatic N) is 1. The number of rotatable bonds is 2. The Bertz CT molecular complexity index is 444. The van der Waals surface area contributed by atoms with Crippen molar-refractivity contribution in [3.05, 3.63) is 29.6 Å². The third-order valence-electron chi connectivity index (χ3n) is 5.08. The Morgan fingerprint density at radius 1 is 1.11 bits per heavy atom. The van der Waals surface area contributed by atoms with E-state index < -0.39 is 0 Å². The Hall–Kier alpha value is -1.09. The van der Waals surface area contributed by atoms with E-state index in [1.807, 2.05) is 6.07 Å². The highest BCUT2D eigenvalue weighted by Gasteiger charge is 2.37. The summed E-state index contributed by atoms with van der Waals surface area (Å²) < 4.78 is 13.7. The monoisotopic (exact) mass is 263 g/mol. The second kappa shape index (κ2) is 5.12. The van der Waals surface area contributed by atoms with E-state index in [0.29, 0.717) is 11.0 Å². The summed E-state index contributed by atoms with van der Waals surface area (Å²) in [6.07, 6.45) is 7.93. The van der Waals surface area contributed by atoms with E-state index in [-0.39, 0.29) is 12.4 Å². The van der Waals surface area contributed by atoms with Gasteiger partial charge in [-0.05, 0) is 43.2 Å². The van der Waals surface area contributed by atoms with Gasteiger partial charge in [-0.2, -0.15) is 0 Å². The molecule has 3 rings (SSSR count). The molecule has 1 spiro atoms. The fraction of sp³-hybridized carbons (Fsp3) is 0.625. The molecule has 1 aliphatic carbocycles. The van der Waals surface area contributed by atoms with Gasteiger partial charge in [-0.3, -0.25) is 0 Å². The van der Waals surface area contributed by atoms with E-state index in [1.54, 1.807) is 6.07 Å². The van der Waals surface area contributed by atoms with Crippen molar-refractivity contribution in [2.24, 2.45) is 5.41 Å². The van der Waals surface area contributed by atoms with Crippen LogP contribution in [0.1, 0.15) is 44.1 Å².